The van der Waals surface area contributed by atoms with E-state index in [0.717, 1.165) is 18.5 Å². The number of alkyl halides is 1. The molecule has 5 rings (SSSR count). The Balaban J connectivity index is 1.29. The number of methoxy groups -OCH3 is 2. The average Bonchev–Trinajstić information content (AvgIpc) is 3.14. The SMILES string of the molecule is COCc1cn2c(Nc3cc([C@@H]4CC[C@H](OC(=O)NC5(C)CC5)[C@@H]4F)[nH]n3)nc(OC)cc2n1. The van der Waals surface area contributed by atoms with E-state index in [1.54, 1.807) is 23.6 Å². The summed E-state index contributed by atoms with van der Waals surface area (Å²) in [5, 5.41) is 13.1. The van der Waals surface area contributed by atoms with Crippen LogP contribution in [0.4, 0.5) is 21.0 Å². The Hall–Kier alpha value is -3.41. The number of hydrogen-bond donors (Lipinski definition) is 3. The van der Waals surface area contributed by atoms with Crippen molar-refractivity contribution >= 4 is 23.5 Å². The van der Waals surface area contributed by atoms with Crippen LogP contribution >= 0.6 is 0 Å². The molecule has 12 heteroatoms. The molecule has 11 nitrogen and oxygen atoms in total. The number of imidazole rings is 1. The maximum atomic E-state index is 15.1. The Morgan fingerprint density at radius 1 is 1.29 bits per heavy atom. The van der Waals surface area contributed by atoms with Gasteiger partial charge in [0, 0.05) is 42.6 Å². The molecule has 2 fully saturated rings. The molecule has 3 atom stereocenters. The van der Waals surface area contributed by atoms with Crippen molar-refractivity contribution in [3.63, 3.8) is 0 Å². The molecule has 34 heavy (non-hydrogen) atoms. The lowest BCUT2D eigenvalue weighted by Crippen LogP contribution is -2.38. The topological polar surface area (TPSA) is 128 Å². The molecular weight excluding hydrogens is 445 g/mol. The number of fused-ring (bicyclic) bond motifs is 1. The number of aromatic nitrogens is 5. The average molecular weight is 474 g/mol. The fourth-order valence-electron chi connectivity index (χ4n) is 4.23. The number of amides is 1. The Labute approximate surface area is 195 Å². The molecule has 2 saturated carbocycles. The van der Waals surface area contributed by atoms with Gasteiger partial charge in [0.05, 0.1) is 19.4 Å². The molecule has 0 saturated heterocycles. The summed E-state index contributed by atoms with van der Waals surface area (Å²) in [6.07, 6.45) is 1.98. The molecule has 0 aromatic carbocycles. The molecule has 1 amide bonds. The van der Waals surface area contributed by atoms with Crippen LogP contribution in [0.3, 0.4) is 0 Å². The molecule has 0 unspecified atom stereocenters. The van der Waals surface area contributed by atoms with E-state index in [4.69, 9.17) is 14.2 Å². The van der Waals surface area contributed by atoms with E-state index in [9.17, 15) is 4.79 Å². The van der Waals surface area contributed by atoms with Crippen molar-refractivity contribution in [1.82, 2.24) is 29.9 Å². The Kier molecular flexibility index (Phi) is 5.76. The number of nitrogens with one attached hydrogen (secondary N) is 3. The third-order valence-corrected chi connectivity index (χ3v) is 6.38. The van der Waals surface area contributed by atoms with Crippen molar-refractivity contribution < 1.29 is 23.4 Å². The molecule has 3 heterocycles. The summed E-state index contributed by atoms with van der Waals surface area (Å²) in [4.78, 5) is 21.0. The molecule has 3 aromatic heterocycles. The summed E-state index contributed by atoms with van der Waals surface area (Å²) >= 11 is 0. The second-order valence-corrected chi connectivity index (χ2v) is 9.11. The van der Waals surface area contributed by atoms with Gasteiger partial charge in [0.2, 0.25) is 11.8 Å². The number of aromatic amines is 1. The highest BCUT2D eigenvalue weighted by atomic mass is 19.1. The normalized spacial score (nSPS) is 23.1. The number of ether oxygens (including phenoxy) is 3. The van der Waals surface area contributed by atoms with Crippen molar-refractivity contribution in [2.24, 2.45) is 0 Å². The maximum Gasteiger partial charge on any atom is 0.407 e. The first-order valence-corrected chi connectivity index (χ1v) is 11.2. The fraction of sp³-hybridized carbons (Fsp3) is 0.545. The number of rotatable bonds is 8. The Morgan fingerprint density at radius 3 is 2.85 bits per heavy atom. The van der Waals surface area contributed by atoms with Gasteiger partial charge in [-0.05, 0) is 32.6 Å². The highest BCUT2D eigenvalue weighted by molar-refractivity contribution is 5.69. The van der Waals surface area contributed by atoms with Gasteiger partial charge in [-0.2, -0.15) is 10.1 Å². The summed E-state index contributed by atoms with van der Waals surface area (Å²) in [7, 11) is 3.13. The first-order chi connectivity index (χ1) is 16.4. The van der Waals surface area contributed by atoms with Gasteiger partial charge < -0.3 is 24.8 Å². The van der Waals surface area contributed by atoms with Crippen LogP contribution in [0, 0.1) is 0 Å². The van der Waals surface area contributed by atoms with E-state index in [-0.39, 0.29) is 5.54 Å². The second kappa shape index (κ2) is 8.75. The lowest BCUT2D eigenvalue weighted by molar-refractivity contribution is 0.0546. The predicted octanol–water partition coefficient (Wildman–Crippen LogP) is 3.21. The Bertz CT molecular complexity index is 1190. The largest absolute Gasteiger partial charge is 0.481 e. The van der Waals surface area contributed by atoms with Crippen LogP contribution in [0.1, 0.15) is 49.9 Å². The standard InChI is InChI=1S/C22H28FN7O4/c1-22(6-7-22)27-21(31)34-15-5-4-13(19(15)23)14-8-16(29-28-14)25-20-26-18(33-3)9-17-24-12(11-32-2)10-30(17)20/h8-10,13,15,19H,4-7,11H2,1-3H3,(H,27,31)(H2,25,26,28,29)/t13-,15-,19+/m0/s1. The number of hydrogen-bond acceptors (Lipinski definition) is 8. The highest BCUT2D eigenvalue weighted by Crippen LogP contribution is 2.39. The highest BCUT2D eigenvalue weighted by Gasteiger charge is 2.43. The van der Waals surface area contributed by atoms with Gasteiger partial charge >= 0.3 is 6.09 Å². The van der Waals surface area contributed by atoms with Crippen molar-refractivity contribution in [1.29, 1.82) is 0 Å². The van der Waals surface area contributed by atoms with E-state index in [2.05, 4.69) is 30.8 Å². The number of nitrogens with zero attached hydrogens (tertiary/aromatic N) is 4. The van der Waals surface area contributed by atoms with Crippen LogP contribution in [-0.2, 0) is 16.1 Å². The number of halogens is 1. The lowest BCUT2D eigenvalue weighted by atomic mass is 10.0. The van der Waals surface area contributed by atoms with Gasteiger partial charge in [0.25, 0.3) is 0 Å². The quantitative estimate of drug-likeness (QED) is 0.455. The summed E-state index contributed by atoms with van der Waals surface area (Å²) in [6, 6.07) is 3.46. The van der Waals surface area contributed by atoms with Crippen LogP contribution in [0.2, 0.25) is 0 Å². The van der Waals surface area contributed by atoms with E-state index >= 15 is 4.39 Å². The molecule has 3 aromatic rings. The molecule has 0 spiro atoms. The second-order valence-electron chi connectivity index (χ2n) is 9.11. The first kappa shape index (κ1) is 22.4. The number of carbonyl (C=O) groups is 1. The van der Waals surface area contributed by atoms with Crippen LogP contribution in [0.25, 0.3) is 5.65 Å². The van der Waals surface area contributed by atoms with Crippen molar-refractivity contribution in [3.05, 3.63) is 29.7 Å². The van der Waals surface area contributed by atoms with E-state index in [1.165, 1.54) is 7.11 Å². The third kappa shape index (κ3) is 4.49. The number of carbonyl (C=O) groups excluding carboxylic acids is 1. The van der Waals surface area contributed by atoms with Crippen molar-refractivity contribution in [2.75, 3.05) is 19.5 Å². The molecule has 0 bridgehead atoms. The first-order valence-electron chi connectivity index (χ1n) is 11.2. The van der Waals surface area contributed by atoms with Crippen LogP contribution in [0.15, 0.2) is 18.3 Å². The summed E-state index contributed by atoms with van der Waals surface area (Å²) < 4.78 is 32.7. The van der Waals surface area contributed by atoms with Crippen LogP contribution in [-0.4, -0.2) is 62.7 Å². The molecule has 0 aliphatic heterocycles. The Morgan fingerprint density at radius 2 is 2.12 bits per heavy atom. The van der Waals surface area contributed by atoms with Crippen molar-refractivity contribution in [3.8, 4) is 5.88 Å². The minimum atomic E-state index is -1.32. The minimum Gasteiger partial charge on any atom is -0.481 e. The predicted molar refractivity (Wildman–Crippen MR) is 120 cm³/mol. The van der Waals surface area contributed by atoms with Gasteiger partial charge in [0.15, 0.2) is 5.82 Å². The van der Waals surface area contributed by atoms with Crippen LogP contribution < -0.4 is 15.4 Å². The number of H-pyrrole nitrogens is 1. The molecule has 0 radical (unpaired) electrons. The van der Waals surface area contributed by atoms with Crippen molar-refractivity contribution in [2.45, 2.75) is 62.9 Å². The third-order valence-electron chi connectivity index (χ3n) is 6.38. The van der Waals surface area contributed by atoms with E-state index < -0.39 is 24.3 Å². The summed E-state index contributed by atoms with van der Waals surface area (Å²) in [5.74, 6) is 0.849. The summed E-state index contributed by atoms with van der Waals surface area (Å²) in [6.45, 7) is 2.31. The van der Waals surface area contributed by atoms with Gasteiger partial charge in [-0.1, -0.05) is 0 Å². The maximum absolute atomic E-state index is 15.1. The molecule has 182 valence electrons. The lowest BCUT2D eigenvalue weighted by Gasteiger charge is -2.19. The van der Waals surface area contributed by atoms with Gasteiger partial charge in [-0.25, -0.2) is 14.2 Å². The minimum absolute atomic E-state index is 0.204. The molecular formula is C22H28FN7O4. The van der Waals surface area contributed by atoms with E-state index in [1.807, 2.05) is 13.1 Å². The molecule has 2 aliphatic rings. The van der Waals surface area contributed by atoms with Gasteiger partial charge in [-0.3, -0.25) is 9.50 Å². The zero-order valence-electron chi connectivity index (χ0n) is 19.3. The number of anilines is 2. The summed E-state index contributed by atoms with van der Waals surface area (Å²) in [5.41, 5.74) is 1.79. The smallest absolute Gasteiger partial charge is 0.407 e. The zero-order valence-corrected chi connectivity index (χ0v) is 19.3. The van der Waals surface area contributed by atoms with Gasteiger partial charge in [-0.15, -0.1) is 0 Å². The van der Waals surface area contributed by atoms with Gasteiger partial charge in [0.1, 0.15) is 17.9 Å². The molecule has 3 N–H and O–H groups in total. The van der Waals surface area contributed by atoms with E-state index in [0.29, 0.717) is 48.4 Å². The zero-order chi connectivity index (χ0) is 23.9. The van der Waals surface area contributed by atoms with Crippen LogP contribution in [0.5, 0.6) is 5.88 Å². The number of alkyl carbamates (subject to hydrolysis) is 1. The fourth-order valence-corrected chi connectivity index (χ4v) is 4.23. The monoisotopic (exact) mass is 473 g/mol. The molecule has 2 aliphatic carbocycles.